The number of para-hydroxylation sites is 3. The van der Waals surface area contributed by atoms with Crippen molar-refractivity contribution in [3.05, 3.63) is 199 Å². The first-order valence-electron chi connectivity index (χ1n) is 20.0. The number of benzene rings is 9. The second kappa shape index (κ2) is 12.3. The molecule has 0 unspecified atom stereocenters. The van der Waals surface area contributed by atoms with Crippen LogP contribution >= 0.6 is 0 Å². The Morgan fingerprint density at radius 3 is 2.02 bits per heavy atom. The Morgan fingerprint density at radius 1 is 0.500 bits per heavy atom. The summed E-state index contributed by atoms with van der Waals surface area (Å²) in [6, 6.07) is 67.6. The third-order valence-corrected chi connectivity index (χ3v) is 12.4. The van der Waals surface area contributed by atoms with Gasteiger partial charge in [0.05, 0.1) is 28.1 Å². The van der Waals surface area contributed by atoms with Crippen LogP contribution in [0.2, 0.25) is 0 Å². The van der Waals surface area contributed by atoms with E-state index < -0.39 is 0 Å². The lowest BCUT2D eigenvalue weighted by molar-refractivity contribution is 0.620. The molecule has 4 nitrogen and oxygen atoms in total. The van der Waals surface area contributed by atoms with Gasteiger partial charge in [0, 0.05) is 38.2 Å². The molecule has 274 valence electrons. The molecule has 9 aromatic carbocycles. The van der Waals surface area contributed by atoms with E-state index in [9.17, 15) is 0 Å². The summed E-state index contributed by atoms with van der Waals surface area (Å²) in [4.78, 5) is 7.65. The van der Waals surface area contributed by atoms with Crippen LogP contribution in [-0.2, 0) is 5.41 Å². The second-order valence-electron chi connectivity index (χ2n) is 15.9. The topological polar surface area (TPSA) is 34.2 Å². The van der Waals surface area contributed by atoms with Crippen molar-refractivity contribution >= 4 is 71.5 Å². The average Bonchev–Trinajstić information content (AvgIpc) is 3.93. The number of fused-ring (bicyclic) bond motifs is 10. The molecule has 58 heavy (non-hydrogen) atoms. The number of rotatable bonds is 5. The van der Waals surface area contributed by atoms with Crippen LogP contribution in [0.15, 0.2) is 192 Å². The van der Waals surface area contributed by atoms with Crippen molar-refractivity contribution < 1.29 is 4.42 Å². The molecule has 4 heteroatoms. The molecule has 12 rings (SSSR count). The zero-order valence-electron chi connectivity index (χ0n) is 32.1. The van der Waals surface area contributed by atoms with Gasteiger partial charge in [-0.15, -0.1) is 0 Å². The van der Waals surface area contributed by atoms with E-state index in [1.165, 1.54) is 49.4 Å². The van der Waals surface area contributed by atoms with Gasteiger partial charge in [0.15, 0.2) is 5.58 Å². The number of aromatic nitrogens is 2. The van der Waals surface area contributed by atoms with Gasteiger partial charge in [0.2, 0.25) is 5.89 Å². The predicted octanol–water partition coefficient (Wildman–Crippen LogP) is 14.7. The van der Waals surface area contributed by atoms with Crippen LogP contribution in [0.25, 0.3) is 82.7 Å². The molecule has 0 saturated carbocycles. The fourth-order valence-corrected chi connectivity index (χ4v) is 9.87. The maximum absolute atomic E-state index is 7.03. The predicted molar refractivity (Wildman–Crippen MR) is 241 cm³/mol. The second-order valence-corrected chi connectivity index (χ2v) is 15.9. The summed E-state index contributed by atoms with van der Waals surface area (Å²) in [6.07, 6.45) is 0. The molecular formula is C54H37N3O. The van der Waals surface area contributed by atoms with Gasteiger partial charge in [-0.1, -0.05) is 153 Å². The van der Waals surface area contributed by atoms with Crippen LogP contribution in [-0.4, -0.2) is 9.55 Å². The van der Waals surface area contributed by atoms with E-state index in [0.717, 1.165) is 55.6 Å². The first kappa shape index (κ1) is 32.8. The van der Waals surface area contributed by atoms with E-state index in [1.54, 1.807) is 0 Å². The van der Waals surface area contributed by atoms with Gasteiger partial charge >= 0.3 is 0 Å². The number of anilines is 3. The van der Waals surface area contributed by atoms with E-state index in [4.69, 9.17) is 9.40 Å². The quantitative estimate of drug-likeness (QED) is 0.176. The van der Waals surface area contributed by atoms with E-state index in [2.05, 4.69) is 211 Å². The average molecular weight is 744 g/mol. The fourth-order valence-electron chi connectivity index (χ4n) is 9.87. The van der Waals surface area contributed by atoms with Gasteiger partial charge in [0.1, 0.15) is 5.52 Å². The van der Waals surface area contributed by atoms with Crippen LogP contribution in [0, 0.1) is 0 Å². The standard InChI is InChI=1S/C54H37N3O/c1-54(2)44-28-12-10-22-37(44)40-26-15-31-47(50(40)54)57(48-32-16-29-45-52(48)58-53(55-45)42-27-14-18-34-17-6-7-21-36(34)42)49-33-43-39-24-11-13-30-46(39)56(35-19-4-3-5-20-35)51(43)41-25-9-8-23-38(41)49/h3-33H,1-2H3. The van der Waals surface area contributed by atoms with Crippen molar-refractivity contribution in [3.63, 3.8) is 0 Å². The number of nitrogens with zero attached hydrogens (tertiary/aromatic N) is 3. The highest BCUT2D eigenvalue weighted by Crippen LogP contribution is 2.56. The molecule has 0 aliphatic heterocycles. The Labute approximate surface area is 335 Å². The smallest absolute Gasteiger partial charge is 0.228 e. The van der Waals surface area contributed by atoms with Crippen molar-refractivity contribution in [1.29, 1.82) is 0 Å². The molecule has 11 aromatic rings. The Kier molecular flexibility index (Phi) is 6.94. The Hall–Kier alpha value is -7.43. The summed E-state index contributed by atoms with van der Waals surface area (Å²) in [5.74, 6) is 0.608. The van der Waals surface area contributed by atoms with Gasteiger partial charge in [-0.3, -0.25) is 0 Å². The van der Waals surface area contributed by atoms with Crippen molar-refractivity contribution in [2.45, 2.75) is 19.3 Å². The minimum absolute atomic E-state index is 0.270. The molecule has 0 N–H and O–H groups in total. The Morgan fingerprint density at radius 2 is 1.14 bits per heavy atom. The summed E-state index contributed by atoms with van der Waals surface area (Å²) in [5.41, 5.74) is 14.1. The summed E-state index contributed by atoms with van der Waals surface area (Å²) >= 11 is 0. The summed E-state index contributed by atoms with van der Waals surface area (Å²) < 4.78 is 9.45. The van der Waals surface area contributed by atoms with Crippen LogP contribution in [0.4, 0.5) is 17.1 Å². The highest BCUT2D eigenvalue weighted by atomic mass is 16.3. The molecule has 0 saturated heterocycles. The third-order valence-electron chi connectivity index (χ3n) is 12.4. The van der Waals surface area contributed by atoms with Crippen molar-refractivity contribution in [2.75, 3.05) is 4.90 Å². The minimum Gasteiger partial charge on any atom is -0.434 e. The first-order valence-corrected chi connectivity index (χ1v) is 20.0. The van der Waals surface area contributed by atoms with E-state index in [0.29, 0.717) is 5.89 Å². The molecule has 1 aliphatic carbocycles. The molecule has 0 atom stereocenters. The van der Waals surface area contributed by atoms with Gasteiger partial charge in [-0.2, -0.15) is 0 Å². The summed E-state index contributed by atoms with van der Waals surface area (Å²) in [5, 5.41) is 6.98. The summed E-state index contributed by atoms with van der Waals surface area (Å²) in [6.45, 7) is 4.73. The lowest BCUT2D eigenvalue weighted by atomic mass is 9.81. The Bertz CT molecular complexity index is 3440. The van der Waals surface area contributed by atoms with Gasteiger partial charge in [0.25, 0.3) is 0 Å². The molecule has 1 aliphatic rings. The highest BCUT2D eigenvalue weighted by molar-refractivity contribution is 6.23. The largest absolute Gasteiger partial charge is 0.434 e. The maximum Gasteiger partial charge on any atom is 0.228 e. The Balaban J connectivity index is 1.21. The number of hydrogen-bond donors (Lipinski definition) is 0. The first-order chi connectivity index (χ1) is 28.6. The van der Waals surface area contributed by atoms with Crippen molar-refractivity contribution in [1.82, 2.24) is 9.55 Å². The molecule has 0 bridgehead atoms. The lowest BCUT2D eigenvalue weighted by Crippen LogP contribution is -2.21. The molecule has 0 radical (unpaired) electrons. The fraction of sp³-hybridized carbons (Fsp3) is 0.0556. The molecular weight excluding hydrogens is 707 g/mol. The normalized spacial score (nSPS) is 13.1. The minimum atomic E-state index is -0.270. The molecule has 0 amide bonds. The van der Waals surface area contributed by atoms with E-state index in [1.807, 2.05) is 0 Å². The van der Waals surface area contributed by atoms with E-state index in [-0.39, 0.29) is 5.41 Å². The maximum atomic E-state index is 7.03. The highest BCUT2D eigenvalue weighted by Gasteiger charge is 2.39. The van der Waals surface area contributed by atoms with Crippen LogP contribution in [0.3, 0.4) is 0 Å². The SMILES string of the molecule is CC1(C)c2ccccc2-c2cccc(N(c3cc4c5ccccc5n(-c5ccccc5)c4c4ccccc34)c3cccc4nc(-c5cccc6ccccc56)oc34)c21. The van der Waals surface area contributed by atoms with Crippen molar-refractivity contribution in [3.8, 4) is 28.3 Å². The molecule has 2 heterocycles. The van der Waals surface area contributed by atoms with Crippen LogP contribution in [0.1, 0.15) is 25.0 Å². The van der Waals surface area contributed by atoms with Crippen molar-refractivity contribution in [2.24, 2.45) is 0 Å². The van der Waals surface area contributed by atoms with Crippen LogP contribution < -0.4 is 4.90 Å². The number of hydrogen-bond acceptors (Lipinski definition) is 3. The molecule has 0 fully saturated rings. The lowest BCUT2D eigenvalue weighted by Gasteiger charge is -2.33. The zero-order valence-corrected chi connectivity index (χ0v) is 32.1. The van der Waals surface area contributed by atoms with E-state index >= 15 is 0 Å². The summed E-state index contributed by atoms with van der Waals surface area (Å²) in [7, 11) is 0. The third kappa shape index (κ3) is 4.60. The van der Waals surface area contributed by atoms with Crippen LogP contribution in [0.5, 0.6) is 0 Å². The van der Waals surface area contributed by atoms with Gasteiger partial charge < -0.3 is 13.9 Å². The van der Waals surface area contributed by atoms with Gasteiger partial charge in [-0.05, 0) is 81.6 Å². The molecule has 2 aromatic heterocycles. The monoisotopic (exact) mass is 743 g/mol. The van der Waals surface area contributed by atoms with Gasteiger partial charge in [-0.25, -0.2) is 4.98 Å². The molecule has 0 spiro atoms. The number of oxazole rings is 1. The zero-order chi connectivity index (χ0) is 38.5.